The Morgan fingerprint density at radius 1 is 1.12 bits per heavy atom. The van der Waals surface area contributed by atoms with Crippen molar-refractivity contribution in [3.63, 3.8) is 0 Å². The summed E-state index contributed by atoms with van der Waals surface area (Å²) in [4.78, 5) is 0. The normalized spacial score (nSPS) is 12.4. The van der Waals surface area contributed by atoms with Gasteiger partial charge in [-0.3, -0.25) is 0 Å². The van der Waals surface area contributed by atoms with E-state index >= 15 is 0 Å². The molecule has 3 nitrogen and oxygen atoms in total. The van der Waals surface area contributed by atoms with Crippen LogP contribution in [0.2, 0.25) is 5.02 Å². The Hall–Kier alpha value is -1.78. The van der Waals surface area contributed by atoms with Crippen molar-refractivity contribution < 1.29 is 4.74 Å². The number of nitrogens with one attached hydrogen (secondary N) is 2. The zero-order valence-electron chi connectivity index (χ0n) is 15.3. The van der Waals surface area contributed by atoms with Crippen molar-refractivity contribution in [1.29, 1.82) is 0 Å². The summed E-state index contributed by atoms with van der Waals surface area (Å²) in [6.07, 6.45) is 0. The van der Waals surface area contributed by atoms with Gasteiger partial charge in [0.05, 0.1) is 18.2 Å². The maximum absolute atomic E-state index is 6.14. The molecule has 0 aromatic heterocycles. The lowest BCUT2D eigenvalue weighted by Gasteiger charge is -2.21. The molecule has 0 radical (unpaired) electrons. The van der Waals surface area contributed by atoms with E-state index in [1.54, 1.807) is 13.2 Å². The lowest BCUT2D eigenvalue weighted by atomic mass is 9.86. The number of hydrogen-bond acceptors (Lipinski definition) is 2. The molecule has 0 amide bonds. The molecule has 0 spiro atoms. The van der Waals surface area contributed by atoms with Crippen molar-refractivity contribution in [2.75, 3.05) is 12.4 Å². The summed E-state index contributed by atoms with van der Waals surface area (Å²) >= 11 is 11.5. The Bertz CT molecular complexity index is 738. The Kier molecular flexibility index (Phi) is 6.31. The largest absolute Gasteiger partial charge is 0.495 e. The van der Waals surface area contributed by atoms with E-state index in [0.717, 1.165) is 5.69 Å². The second-order valence-electron chi connectivity index (χ2n) is 7.04. The fourth-order valence-corrected chi connectivity index (χ4v) is 3.02. The highest BCUT2D eigenvalue weighted by Crippen LogP contribution is 2.27. The molecule has 5 heteroatoms. The molecule has 2 rings (SSSR count). The van der Waals surface area contributed by atoms with Crippen LogP contribution in [-0.4, -0.2) is 12.2 Å². The summed E-state index contributed by atoms with van der Waals surface area (Å²) < 4.78 is 5.15. The van der Waals surface area contributed by atoms with E-state index < -0.39 is 0 Å². The van der Waals surface area contributed by atoms with Crippen LogP contribution in [0, 0.1) is 0 Å². The van der Waals surface area contributed by atoms with Gasteiger partial charge in [-0.25, -0.2) is 0 Å². The van der Waals surface area contributed by atoms with Gasteiger partial charge < -0.3 is 15.4 Å². The minimum absolute atomic E-state index is 0.0998. The van der Waals surface area contributed by atoms with Crippen molar-refractivity contribution in [1.82, 2.24) is 5.32 Å². The van der Waals surface area contributed by atoms with E-state index in [0.29, 0.717) is 15.9 Å². The Balaban J connectivity index is 1.99. The van der Waals surface area contributed by atoms with Crippen molar-refractivity contribution >= 4 is 34.6 Å². The zero-order valence-corrected chi connectivity index (χ0v) is 16.9. The number of benzene rings is 2. The molecule has 0 aliphatic rings. The van der Waals surface area contributed by atoms with Crippen LogP contribution in [0.5, 0.6) is 5.75 Å². The molecule has 0 heterocycles. The third kappa shape index (κ3) is 5.35. The third-order valence-corrected chi connectivity index (χ3v) is 4.55. The first-order chi connectivity index (χ1) is 11.7. The number of rotatable bonds is 4. The molecule has 2 aromatic carbocycles. The van der Waals surface area contributed by atoms with Crippen molar-refractivity contribution in [2.45, 2.75) is 39.2 Å². The van der Waals surface area contributed by atoms with Crippen LogP contribution in [0.4, 0.5) is 5.69 Å². The molecular formula is C20H25ClN2OS. The molecule has 134 valence electrons. The lowest BCUT2D eigenvalue weighted by molar-refractivity contribution is 0.415. The summed E-state index contributed by atoms with van der Waals surface area (Å²) in [5.74, 6) is 0.637. The number of thiocarbonyl (C=S) groups is 1. The van der Waals surface area contributed by atoms with Crippen molar-refractivity contribution in [3.8, 4) is 5.75 Å². The van der Waals surface area contributed by atoms with Crippen molar-refractivity contribution in [3.05, 3.63) is 58.6 Å². The first-order valence-corrected chi connectivity index (χ1v) is 9.01. The molecule has 0 aliphatic carbocycles. The average Bonchev–Trinajstić information content (AvgIpc) is 2.54. The van der Waals surface area contributed by atoms with Crippen LogP contribution in [0.3, 0.4) is 0 Å². The van der Waals surface area contributed by atoms with Gasteiger partial charge in [-0.1, -0.05) is 56.6 Å². The van der Waals surface area contributed by atoms with Crippen molar-refractivity contribution in [2.24, 2.45) is 0 Å². The summed E-state index contributed by atoms with van der Waals surface area (Å²) in [5.41, 5.74) is 3.47. The Morgan fingerprint density at radius 3 is 2.28 bits per heavy atom. The topological polar surface area (TPSA) is 33.3 Å². The van der Waals surface area contributed by atoms with Crippen LogP contribution in [-0.2, 0) is 5.41 Å². The van der Waals surface area contributed by atoms with E-state index in [2.05, 4.69) is 62.6 Å². The Morgan fingerprint density at radius 2 is 1.76 bits per heavy atom. The molecule has 1 atom stereocenters. The fourth-order valence-electron chi connectivity index (χ4n) is 2.46. The standard InChI is InChI=1S/C20H25ClN2OS/c1-13(14-6-8-15(9-7-14)20(2,3)4)22-19(25)23-16-10-11-18(24-5)17(21)12-16/h6-13H,1-5H3,(H2,22,23,25)/t13-/m1/s1. The quantitative estimate of drug-likeness (QED) is 0.671. The van der Waals surface area contributed by atoms with Crippen LogP contribution >= 0.6 is 23.8 Å². The molecule has 0 saturated carbocycles. The average molecular weight is 377 g/mol. The van der Waals surface area contributed by atoms with Crippen LogP contribution in [0.15, 0.2) is 42.5 Å². The highest BCUT2D eigenvalue weighted by Gasteiger charge is 2.14. The first kappa shape index (κ1) is 19.5. The van der Waals surface area contributed by atoms with E-state index in [1.165, 1.54) is 11.1 Å². The zero-order chi connectivity index (χ0) is 18.6. The number of methoxy groups -OCH3 is 1. The fraction of sp³-hybridized carbons (Fsp3) is 0.350. The highest BCUT2D eigenvalue weighted by atomic mass is 35.5. The van der Waals surface area contributed by atoms with Gasteiger partial charge in [0.1, 0.15) is 5.75 Å². The summed E-state index contributed by atoms with van der Waals surface area (Å²) in [7, 11) is 1.59. The second kappa shape index (κ2) is 8.07. The smallest absolute Gasteiger partial charge is 0.171 e. The molecule has 0 unspecified atom stereocenters. The Labute approximate surface area is 160 Å². The lowest BCUT2D eigenvalue weighted by Crippen LogP contribution is -2.30. The molecule has 0 bridgehead atoms. The molecule has 0 saturated heterocycles. The number of hydrogen-bond donors (Lipinski definition) is 2. The van der Waals surface area contributed by atoms with Gasteiger partial charge in [0, 0.05) is 5.69 Å². The van der Waals surface area contributed by atoms with Gasteiger partial charge in [-0.15, -0.1) is 0 Å². The first-order valence-electron chi connectivity index (χ1n) is 8.22. The highest BCUT2D eigenvalue weighted by molar-refractivity contribution is 7.80. The molecule has 2 aromatic rings. The molecule has 2 N–H and O–H groups in total. The molecule has 0 aliphatic heterocycles. The van der Waals surface area contributed by atoms with Crippen LogP contribution in [0.1, 0.15) is 44.9 Å². The summed E-state index contributed by atoms with van der Waals surface area (Å²) in [6, 6.07) is 14.2. The van der Waals surface area contributed by atoms with E-state index in [-0.39, 0.29) is 11.5 Å². The maximum atomic E-state index is 6.14. The van der Waals surface area contributed by atoms with Crippen LogP contribution in [0.25, 0.3) is 0 Å². The van der Waals surface area contributed by atoms with Gasteiger partial charge in [-0.2, -0.15) is 0 Å². The van der Waals surface area contributed by atoms with Gasteiger partial charge in [-0.05, 0) is 53.9 Å². The van der Waals surface area contributed by atoms with Crippen LogP contribution < -0.4 is 15.4 Å². The predicted molar refractivity (Wildman–Crippen MR) is 111 cm³/mol. The molecular weight excluding hydrogens is 352 g/mol. The van der Waals surface area contributed by atoms with Gasteiger partial charge in [0.15, 0.2) is 5.11 Å². The second-order valence-corrected chi connectivity index (χ2v) is 7.86. The van der Waals surface area contributed by atoms with E-state index in [1.807, 2.05) is 12.1 Å². The summed E-state index contributed by atoms with van der Waals surface area (Å²) in [5, 5.41) is 7.54. The maximum Gasteiger partial charge on any atom is 0.171 e. The van der Waals surface area contributed by atoms with E-state index in [9.17, 15) is 0 Å². The third-order valence-electron chi connectivity index (χ3n) is 4.03. The van der Waals surface area contributed by atoms with Gasteiger partial charge in [0.25, 0.3) is 0 Å². The number of halogens is 1. The predicted octanol–water partition coefficient (Wildman–Crippen LogP) is 5.69. The molecule has 25 heavy (non-hydrogen) atoms. The molecule has 0 fully saturated rings. The monoisotopic (exact) mass is 376 g/mol. The SMILES string of the molecule is COc1ccc(NC(=S)N[C@H](C)c2ccc(C(C)(C)C)cc2)cc1Cl. The van der Waals surface area contributed by atoms with Gasteiger partial charge >= 0.3 is 0 Å². The van der Waals surface area contributed by atoms with E-state index in [4.69, 9.17) is 28.6 Å². The van der Waals surface area contributed by atoms with Gasteiger partial charge in [0.2, 0.25) is 0 Å². The minimum Gasteiger partial charge on any atom is -0.495 e. The minimum atomic E-state index is 0.0998. The summed E-state index contributed by atoms with van der Waals surface area (Å²) in [6.45, 7) is 8.72. The number of anilines is 1. The number of ether oxygens (including phenoxy) is 1.